The van der Waals surface area contributed by atoms with Crippen molar-refractivity contribution in [2.75, 3.05) is 5.32 Å². The summed E-state index contributed by atoms with van der Waals surface area (Å²) in [6.45, 7) is 4.21. The number of carbonyl (C=O) groups is 1. The zero-order valence-corrected chi connectivity index (χ0v) is 18.9. The van der Waals surface area contributed by atoms with Crippen molar-refractivity contribution in [1.29, 1.82) is 0 Å². The number of thiophene rings is 1. The Hall–Kier alpha value is -3.45. The van der Waals surface area contributed by atoms with E-state index in [1.165, 1.54) is 9.13 Å². The Bertz CT molecular complexity index is 1370. The number of nitrogens with zero attached hydrogens (tertiary/aromatic N) is 2. The Labute approximate surface area is 189 Å². The summed E-state index contributed by atoms with van der Waals surface area (Å²) in [4.78, 5) is 40.3. The molecule has 6 nitrogen and oxygen atoms in total. The third-order valence-electron chi connectivity index (χ3n) is 5.45. The van der Waals surface area contributed by atoms with Gasteiger partial charge in [-0.25, -0.2) is 4.79 Å². The van der Waals surface area contributed by atoms with Gasteiger partial charge < -0.3 is 5.32 Å². The molecule has 1 amide bonds. The Morgan fingerprint density at radius 2 is 1.72 bits per heavy atom. The minimum atomic E-state index is -0.474. The number of fused-ring (bicyclic) bond motifs is 1. The molecule has 0 aliphatic rings. The number of amides is 1. The molecule has 0 fully saturated rings. The van der Waals surface area contributed by atoms with Crippen LogP contribution in [0.2, 0.25) is 0 Å². The Kier molecular flexibility index (Phi) is 6.37. The second-order valence-electron chi connectivity index (χ2n) is 7.96. The molecule has 164 valence electrons. The molecule has 0 saturated carbocycles. The molecule has 2 aromatic heterocycles. The second kappa shape index (κ2) is 9.36. The molecule has 32 heavy (non-hydrogen) atoms. The molecular weight excluding hydrogens is 422 g/mol. The molecule has 0 radical (unpaired) electrons. The van der Waals surface area contributed by atoms with Crippen LogP contribution in [0.5, 0.6) is 0 Å². The van der Waals surface area contributed by atoms with Gasteiger partial charge in [-0.2, -0.15) is 0 Å². The molecule has 2 aromatic carbocycles. The van der Waals surface area contributed by atoms with E-state index in [0.29, 0.717) is 17.3 Å². The van der Waals surface area contributed by atoms with Crippen molar-refractivity contribution in [3.8, 4) is 0 Å². The summed E-state index contributed by atoms with van der Waals surface area (Å²) in [5.41, 5.74) is 1.42. The summed E-state index contributed by atoms with van der Waals surface area (Å²) in [5, 5.41) is 5.33. The number of para-hydroxylation sites is 2. The van der Waals surface area contributed by atoms with Gasteiger partial charge in [0.25, 0.3) is 5.56 Å². The maximum Gasteiger partial charge on any atom is 0.331 e. The molecule has 0 bridgehead atoms. The first kappa shape index (κ1) is 21.8. The van der Waals surface area contributed by atoms with Crippen molar-refractivity contribution in [2.24, 2.45) is 0 Å². The van der Waals surface area contributed by atoms with Gasteiger partial charge in [-0.3, -0.25) is 18.7 Å². The van der Waals surface area contributed by atoms with Gasteiger partial charge in [0.2, 0.25) is 5.91 Å². The van der Waals surface area contributed by atoms with Crippen LogP contribution in [-0.2, 0) is 24.3 Å². The molecule has 7 heteroatoms. The summed E-state index contributed by atoms with van der Waals surface area (Å²) >= 11 is 1.59. The summed E-state index contributed by atoms with van der Waals surface area (Å²) in [7, 11) is 0. The van der Waals surface area contributed by atoms with Gasteiger partial charge in [-0.05, 0) is 47.5 Å². The van der Waals surface area contributed by atoms with Gasteiger partial charge >= 0.3 is 5.69 Å². The molecule has 0 unspecified atom stereocenters. The number of nitrogens with one attached hydrogen (secondary N) is 1. The van der Waals surface area contributed by atoms with Gasteiger partial charge in [0.1, 0.15) is 6.54 Å². The van der Waals surface area contributed by atoms with E-state index < -0.39 is 5.69 Å². The maximum atomic E-state index is 13.3. The monoisotopic (exact) mass is 447 g/mol. The van der Waals surface area contributed by atoms with E-state index in [1.54, 1.807) is 35.6 Å². The van der Waals surface area contributed by atoms with Crippen molar-refractivity contribution < 1.29 is 4.79 Å². The normalized spacial score (nSPS) is 11.2. The highest BCUT2D eigenvalue weighted by molar-refractivity contribution is 7.09. The average Bonchev–Trinajstić information content (AvgIpc) is 3.30. The zero-order chi connectivity index (χ0) is 22.7. The van der Waals surface area contributed by atoms with Gasteiger partial charge in [-0.1, -0.05) is 50.2 Å². The lowest BCUT2D eigenvalue weighted by Crippen LogP contribution is -2.42. The summed E-state index contributed by atoms with van der Waals surface area (Å²) in [6.07, 6.45) is 0.582. The number of aryl methyl sites for hydroxylation is 1. The zero-order valence-electron chi connectivity index (χ0n) is 18.1. The number of carbonyl (C=O) groups excluding carboxylic acids is 1. The highest BCUT2D eigenvalue weighted by Gasteiger charge is 2.16. The molecule has 0 aliphatic heterocycles. The summed E-state index contributed by atoms with van der Waals surface area (Å²) in [5.74, 6) is -0.0666. The van der Waals surface area contributed by atoms with Gasteiger partial charge in [-0.15, -0.1) is 11.3 Å². The topological polar surface area (TPSA) is 73.1 Å². The predicted octanol–water partition coefficient (Wildman–Crippen LogP) is 4.23. The fraction of sp³-hybridized carbons (Fsp3) is 0.240. The molecule has 0 saturated heterocycles. The quantitative estimate of drug-likeness (QED) is 0.461. The minimum absolute atomic E-state index is 0.176. The van der Waals surface area contributed by atoms with E-state index in [-0.39, 0.29) is 30.5 Å². The van der Waals surface area contributed by atoms with E-state index >= 15 is 0 Å². The SMILES string of the molecule is CC(C)c1ccccc1NC(=O)Cn1c(=O)n(CCc2cccs2)c(=O)c2ccccc21. The van der Waals surface area contributed by atoms with Crippen LogP contribution in [0.3, 0.4) is 0 Å². The third-order valence-corrected chi connectivity index (χ3v) is 6.39. The van der Waals surface area contributed by atoms with Crippen LogP contribution in [0.1, 0.15) is 30.2 Å². The Balaban J connectivity index is 1.69. The van der Waals surface area contributed by atoms with Crippen molar-refractivity contribution in [1.82, 2.24) is 9.13 Å². The lowest BCUT2D eigenvalue weighted by molar-refractivity contribution is -0.116. The maximum absolute atomic E-state index is 13.3. The largest absolute Gasteiger partial charge is 0.331 e. The van der Waals surface area contributed by atoms with Crippen LogP contribution in [0.25, 0.3) is 10.9 Å². The fourth-order valence-electron chi connectivity index (χ4n) is 3.85. The van der Waals surface area contributed by atoms with E-state index in [2.05, 4.69) is 19.2 Å². The molecule has 0 aliphatic carbocycles. The van der Waals surface area contributed by atoms with Gasteiger partial charge in [0, 0.05) is 17.1 Å². The molecule has 0 atom stereocenters. The molecule has 4 rings (SSSR count). The molecule has 2 heterocycles. The van der Waals surface area contributed by atoms with E-state index in [1.807, 2.05) is 41.8 Å². The van der Waals surface area contributed by atoms with Crippen molar-refractivity contribution in [3.63, 3.8) is 0 Å². The van der Waals surface area contributed by atoms with Gasteiger partial charge in [0.05, 0.1) is 10.9 Å². The first-order valence-electron chi connectivity index (χ1n) is 10.6. The number of aromatic nitrogens is 2. The number of benzene rings is 2. The number of hydrogen-bond donors (Lipinski definition) is 1. The van der Waals surface area contributed by atoms with Crippen LogP contribution in [0.4, 0.5) is 5.69 Å². The highest BCUT2D eigenvalue weighted by Crippen LogP contribution is 2.23. The van der Waals surface area contributed by atoms with Crippen LogP contribution in [-0.4, -0.2) is 15.0 Å². The Morgan fingerprint density at radius 3 is 2.47 bits per heavy atom. The predicted molar refractivity (Wildman–Crippen MR) is 130 cm³/mol. The first-order valence-corrected chi connectivity index (χ1v) is 11.5. The number of rotatable bonds is 7. The molecule has 1 N–H and O–H groups in total. The standard InChI is InChI=1S/C25H25N3O3S/c1-17(2)19-9-3-5-11-21(19)26-23(29)16-28-22-12-6-4-10-20(22)24(30)27(25(28)31)14-13-18-8-7-15-32-18/h3-12,15,17H,13-14,16H2,1-2H3,(H,26,29). The van der Waals surface area contributed by atoms with Crippen molar-refractivity contribution in [2.45, 2.75) is 39.3 Å². The fourth-order valence-corrected chi connectivity index (χ4v) is 4.54. The van der Waals surface area contributed by atoms with E-state index in [4.69, 9.17) is 0 Å². The lowest BCUT2D eigenvalue weighted by Gasteiger charge is -2.16. The van der Waals surface area contributed by atoms with E-state index in [0.717, 1.165) is 16.1 Å². The highest BCUT2D eigenvalue weighted by atomic mass is 32.1. The lowest BCUT2D eigenvalue weighted by atomic mass is 10.0. The van der Waals surface area contributed by atoms with E-state index in [9.17, 15) is 14.4 Å². The number of anilines is 1. The van der Waals surface area contributed by atoms with Crippen molar-refractivity contribution >= 4 is 33.8 Å². The van der Waals surface area contributed by atoms with Crippen LogP contribution >= 0.6 is 11.3 Å². The molecule has 0 spiro atoms. The van der Waals surface area contributed by atoms with Crippen LogP contribution < -0.4 is 16.6 Å². The summed E-state index contributed by atoms with van der Waals surface area (Å²) < 4.78 is 2.62. The number of hydrogen-bond acceptors (Lipinski definition) is 4. The van der Waals surface area contributed by atoms with Crippen molar-refractivity contribution in [3.05, 3.63) is 97.3 Å². The third kappa shape index (κ3) is 4.43. The first-order chi connectivity index (χ1) is 15.5. The second-order valence-corrected chi connectivity index (χ2v) is 8.99. The minimum Gasteiger partial charge on any atom is -0.324 e. The smallest absolute Gasteiger partial charge is 0.324 e. The molecule has 4 aromatic rings. The average molecular weight is 448 g/mol. The van der Waals surface area contributed by atoms with Gasteiger partial charge in [0.15, 0.2) is 0 Å². The van der Waals surface area contributed by atoms with Crippen LogP contribution in [0.15, 0.2) is 75.6 Å². The van der Waals surface area contributed by atoms with Crippen LogP contribution in [0, 0.1) is 0 Å². The summed E-state index contributed by atoms with van der Waals surface area (Å²) in [6, 6.07) is 18.5. The molecular formula is C25H25N3O3S. The Morgan fingerprint density at radius 1 is 0.969 bits per heavy atom.